The summed E-state index contributed by atoms with van der Waals surface area (Å²) in [7, 11) is 3.06. The van der Waals surface area contributed by atoms with Crippen LogP contribution in [0.4, 0.5) is 27.8 Å². The first kappa shape index (κ1) is 30.8. The van der Waals surface area contributed by atoms with Crippen molar-refractivity contribution in [2.45, 2.75) is 50.2 Å². The topological polar surface area (TPSA) is 83.4 Å². The number of aliphatic hydroxyl groups excluding tert-OH is 1. The molecular weight excluding hydrogens is 589 g/mol. The summed E-state index contributed by atoms with van der Waals surface area (Å²) in [6, 6.07) is 7.16. The van der Waals surface area contributed by atoms with Gasteiger partial charge in [-0.1, -0.05) is 12.1 Å². The molecule has 1 fully saturated rings. The minimum Gasteiger partial charge on any atom is -0.492 e. The number of benzene rings is 1. The summed E-state index contributed by atoms with van der Waals surface area (Å²) in [5.41, 5.74) is 1.33. The lowest BCUT2D eigenvalue weighted by Crippen LogP contribution is -2.38. The highest BCUT2D eigenvalue weighted by molar-refractivity contribution is 7.18. The Labute approximate surface area is 242 Å². The fourth-order valence-corrected chi connectivity index (χ4v) is 6.10. The first-order chi connectivity index (χ1) is 19.0. The number of ether oxygens (including phenoxy) is 1. The molecule has 1 saturated carbocycles. The van der Waals surface area contributed by atoms with E-state index in [4.69, 9.17) is 4.74 Å². The second-order valence-corrected chi connectivity index (χ2v) is 10.9. The SMILES string of the molecule is COc1cc(-c2ccc(CN[C@H]3C[C@@H](O)[C@@H](N(C)c4ncnc5sc(CC(F)(F)F)cc45)C3)cc2F)cnc1F.Cl. The second-order valence-electron chi connectivity index (χ2n) is 9.75. The van der Waals surface area contributed by atoms with Crippen molar-refractivity contribution >= 4 is 39.8 Å². The Bertz CT molecular complexity index is 1520. The van der Waals surface area contributed by atoms with Crippen molar-refractivity contribution in [3.63, 3.8) is 0 Å². The van der Waals surface area contributed by atoms with Crippen molar-refractivity contribution in [3.8, 4) is 16.9 Å². The Balaban J connectivity index is 0.00000387. The number of likely N-dealkylation sites (N-methyl/N-ethyl adjacent to an activating group) is 1. The van der Waals surface area contributed by atoms with Crippen molar-refractivity contribution in [3.05, 3.63) is 65.1 Å². The highest BCUT2D eigenvalue weighted by atomic mass is 35.5. The highest BCUT2D eigenvalue weighted by Crippen LogP contribution is 2.36. The van der Waals surface area contributed by atoms with E-state index in [1.165, 1.54) is 37.8 Å². The smallest absolute Gasteiger partial charge is 0.393 e. The second kappa shape index (κ2) is 12.4. The fraction of sp³-hybridized carbons (Fsp3) is 0.370. The number of anilines is 1. The van der Waals surface area contributed by atoms with Gasteiger partial charge in [-0.2, -0.15) is 17.6 Å². The molecule has 1 aromatic carbocycles. The van der Waals surface area contributed by atoms with Gasteiger partial charge in [-0.15, -0.1) is 23.7 Å². The predicted octanol–water partition coefficient (Wildman–Crippen LogP) is 5.68. The molecule has 0 unspecified atom stereocenters. The fourth-order valence-electron chi connectivity index (χ4n) is 5.08. The molecule has 41 heavy (non-hydrogen) atoms. The van der Waals surface area contributed by atoms with Crippen LogP contribution in [0.1, 0.15) is 23.3 Å². The number of aromatic nitrogens is 3. The maximum Gasteiger partial charge on any atom is 0.393 e. The Kier molecular flexibility index (Phi) is 9.32. The molecule has 220 valence electrons. The van der Waals surface area contributed by atoms with Gasteiger partial charge in [-0.25, -0.2) is 19.3 Å². The molecule has 3 heterocycles. The van der Waals surface area contributed by atoms with Crippen LogP contribution < -0.4 is 15.0 Å². The predicted molar refractivity (Wildman–Crippen MR) is 149 cm³/mol. The largest absolute Gasteiger partial charge is 0.492 e. The molecule has 7 nitrogen and oxygen atoms in total. The van der Waals surface area contributed by atoms with Crippen LogP contribution in [0.15, 0.2) is 42.9 Å². The molecule has 0 aliphatic heterocycles. The summed E-state index contributed by atoms with van der Waals surface area (Å²) in [5, 5.41) is 14.7. The van der Waals surface area contributed by atoms with Crippen LogP contribution in [-0.2, 0) is 13.0 Å². The number of methoxy groups -OCH3 is 1. The molecule has 14 heteroatoms. The minimum atomic E-state index is -4.32. The van der Waals surface area contributed by atoms with E-state index in [0.717, 1.165) is 11.3 Å². The molecule has 0 bridgehead atoms. The Hall–Kier alpha value is -3.13. The van der Waals surface area contributed by atoms with Crippen molar-refractivity contribution in [2.75, 3.05) is 19.1 Å². The van der Waals surface area contributed by atoms with Gasteiger partial charge in [-0.05, 0) is 36.6 Å². The van der Waals surface area contributed by atoms with Gasteiger partial charge in [0.25, 0.3) is 5.95 Å². The third-order valence-corrected chi connectivity index (χ3v) is 8.07. The number of thiophene rings is 1. The zero-order valence-electron chi connectivity index (χ0n) is 22.0. The van der Waals surface area contributed by atoms with Crippen LogP contribution >= 0.6 is 23.7 Å². The van der Waals surface area contributed by atoms with Crippen LogP contribution in [0.5, 0.6) is 5.75 Å². The lowest BCUT2D eigenvalue weighted by molar-refractivity contribution is -0.126. The van der Waals surface area contributed by atoms with Gasteiger partial charge in [-0.3, -0.25) is 0 Å². The molecule has 0 radical (unpaired) electrons. The van der Waals surface area contributed by atoms with Crippen molar-refractivity contribution < 1.29 is 31.8 Å². The number of pyridine rings is 1. The lowest BCUT2D eigenvalue weighted by Gasteiger charge is -2.28. The normalized spacial score (nSPS) is 18.9. The van der Waals surface area contributed by atoms with Gasteiger partial charge >= 0.3 is 6.18 Å². The Morgan fingerprint density at radius 3 is 2.61 bits per heavy atom. The number of halogens is 6. The lowest BCUT2D eigenvalue weighted by atomic mass is 10.0. The number of fused-ring (bicyclic) bond motifs is 1. The van der Waals surface area contributed by atoms with E-state index in [0.29, 0.717) is 46.5 Å². The molecule has 3 atom stereocenters. The summed E-state index contributed by atoms with van der Waals surface area (Å²) in [4.78, 5) is 14.4. The monoisotopic (exact) mass is 615 g/mol. The molecule has 5 rings (SSSR count). The third kappa shape index (κ3) is 6.85. The van der Waals surface area contributed by atoms with Gasteiger partial charge in [0.05, 0.1) is 31.1 Å². The van der Waals surface area contributed by atoms with Crippen LogP contribution in [0.3, 0.4) is 0 Å². The highest BCUT2D eigenvalue weighted by Gasteiger charge is 2.37. The molecule has 0 saturated heterocycles. The van der Waals surface area contributed by atoms with E-state index >= 15 is 0 Å². The number of hydrogen-bond acceptors (Lipinski definition) is 8. The van der Waals surface area contributed by atoms with Gasteiger partial charge < -0.3 is 20.1 Å². The number of hydrogen-bond donors (Lipinski definition) is 2. The number of rotatable bonds is 8. The molecule has 4 aromatic rings. The van der Waals surface area contributed by atoms with Gasteiger partial charge in [0, 0.05) is 41.8 Å². The van der Waals surface area contributed by atoms with E-state index < -0.39 is 30.5 Å². The summed E-state index contributed by atoms with van der Waals surface area (Å²) in [6.07, 6.45) is -2.53. The van der Waals surface area contributed by atoms with Gasteiger partial charge in [0.1, 0.15) is 22.8 Å². The zero-order valence-corrected chi connectivity index (χ0v) is 23.6. The summed E-state index contributed by atoms with van der Waals surface area (Å²) in [6.45, 7) is 0.346. The van der Waals surface area contributed by atoms with E-state index in [1.807, 2.05) is 0 Å². The maximum atomic E-state index is 14.9. The third-order valence-electron chi connectivity index (χ3n) is 7.03. The zero-order chi connectivity index (χ0) is 28.6. The quantitative estimate of drug-likeness (QED) is 0.195. The van der Waals surface area contributed by atoms with Crippen LogP contribution in [0.25, 0.3) is 21.3 Å². The minimum absolute atomic E-state index is 0. The molecule has 1 aliphatic rings. The van der Waals surface area contributed by atoms with E-state index in [1.54, 1.807) is 24.1 Å². The van der Waals surface area contributed by atoms with E-state index in [2.05, 4.69) is 20.3 Å². The van der Waals surface area contributed by atoms with Gasteiger partial charge in [0.15, 0.2) is 5.75 Å². The van der Waals surface area contributed by atoms with Crippen molar-refractivity contribution in [1.82, 2.24) is 20.3 Å². The molecule has 3 aromatic heterocycles. The molecule has 2 N–H and O–H groups in total. The average Bonchev–Trinajstić information content (AvgIpc) is 3.48. The van der Waals surface area contributed by atoms with Crippen LogP contribution in [0, 0.1) is 11.8 Å². The Morgan fingerprint density at radius 1 is 1.12 bits per heavy atom. The van der Waals surface area contributed by atoms with Crippen molar-refractivity contribution in [2.24, 2.45) is 0 Å². The average molecular weight is 616 g/mol. The van der Waals surface area contributed by atoms with E-state index in [9.17, 15) is 27.1 Å². The molecular formula is C27H27ClF5N5O2S. The van der Waals surface area contributed by atoms with Crippen LogP contribution in [-0.4, -0.2) is 58.6 Å². The Morgan fingerprint density at radius 2 is 1.90 bits per heavy atom. The van der Waals surface area contributed by atoms with Crippen LogP contribution in [0.2, 0.25) is 0 Å². The maximum absolute atomic E-state index is 14.9. The summed E-state index contributed by atoms with van der Waals surface area (Å²) < 4.78 is 72.2. The first-order valence-corrected chi connectivity index (χ1v) is 13.3. The van der Waals surface area contributed by atoms with Gasteiger partial charge in [0.2, 0.25) is 0 Å². The summed E-state index contributed by atoms with van der Waals surface area (Å²) in [5.74, 6) is -0.887. The standard InChI is InChI=1S/C27H26F5N5O2S.ClH/c1-37(25-19-9-17(10-27(30,31)32)40-26(19)36-13-35-25)21-7-16(8-22(21)38)33-11-14-3-4-18(20(28)5-14)15-6-23(39-2)24(29)34-12-15;/h3-6,9,12-13,16,21-22,33,38H,7-8,10-11H2,1-2H3;1H/t16-,21+,22-;/m1./s1. The van der Waals surface area contributed by atoms with E-state index in [-0.39, 0.29) is 40.7 Å². The number of nitrogens with zero attached hydrogens (tertiary/aromatic N) is 4. The number of aliphatic hydroxyl groups is 1. The summed E-state index contributed by atoms with van der Waals surface area (Å²) >= 11 is 0.979. The number of alkyl halides is 3. The van der Waals surface area contributed by atoms with Crippen molar-refractivity contribution in [1.29, 1.82) is 0 Å². The molecule has 1 aliphatic carbocycles. The molecule has 0 spiro atoms. The first-order valence-electron chi connectivity index (χ1n) is 12.4. The molecule has 0 amide bonds. The number of nitrogens with one attached hydrogen (secondary N) is 1.